The molecule has 1 aromatic rings. The van der Waals surface area contributed by atoms with Crippen molar-refractivity contribution in [1.82, 2.24) is 9.80 Å². The highest BCUT2D eigenvalue weighted by molar-refractivity contribution is 6.01. The number of hydrogen-bond donors (Lipinski definition) is 1. The van der Waals surface area contributed by atoms with Crippen LogP contribution < -0.4 is 0 Å². The van der Waals surface area contributed by atoms with Crippen molar-refractivity contribution in [2.75, 3.05) is 39.8 Å². The van der Waals surface area contributed by atoms with Crippen LogP contribution in [0.5, 0.6) is 0 Å². The molecule has 1 aromatic carbocycles. The van der Waals surface area contributed by atoms with Gasteiger partial charge in [0.1, 0.15) is 5.71 Å². The van der Waals surface area contributed by atoms with Crippen LogP contribution in [0, 0.1) is 0 Å². The monoisotopic (exact) mass is 315 g/mol. The van der Waals surface area contributed by atoms with Crippen molar-refractivity contribution in [2.45, 2.75) is 38.0 Å². The summed E-state index contributed by atoms with van der Waals surface area (Å²) in [6, 6.07) is 8.74. The molecule has 1 aliphatic heterocycles. The van der Waals surface area contributed by atoms with Gasteiger partial charge in [-0.15, -0.1) is 0 Å². The van der Waals surface area contributed by atoms with Gasteiger partial charge in [0.2, 0.25) is 0 Å². The largest absolute Gasteiger partial charge is 0.411 e. The van der Waals surface area contributed by atoms with Crippen molar-refractivity contribution < 1.29 is 5.21 Å². The van der Waals surface area contributed by atoms with E-state index in [1.807, 2.05) is 0 Å². The van der Waals surface area contributed by atoms with Crippen molar-refractivity contribution in [2.24, 2.45) is 5.16 Å². The molecule has 23 heavy (non-hydrogen) atoms. The summed E-state index contributed by atoms with van der Waals surface area (Å²) in [5, 5.41) is 13.0. The van der Waals surface area contributed by atoms with E-state index >= 15 is 0 Å². The lowest BCUT2D eigenvalue weighted by molar-refractivity contribution is 0.169. The van der Waals surface area contributed by atoms with Gasteiger partial charge in [0.15, 0.2) is 0 Å². The van der Waals surface area contributed by atoms with E-state index in [9.17, 15) is 5.21 Å². The van der Waals surface area contributed by atoms with E-state index in [4.69, 9.17) is 0 Å². The maximum Gasteiger partial charge on any atom is 0.101 e. The molecule has 1 N–H and O–H groups in total. The minimum atomic E-state index is 0.727. The predicted molar refractivity (Wildman–Crippen MR) is 94.5 cm³/mol. The van der Waals surface area contributed by atoms with Crippen molar-refractivity contribution in [3.63, 3.8) is 0 Å². The summed E-state index contributed by atoms with van der Waals surface area (Å²) in [5.41, 5.74) is 3.28. The smallest absolute Gasteiger partial charge is 0.101 e. The fourth-order valence-corrected chi connectivity index (χ4v) is 3.78. The fraction of sp³-hybridized carbons (Fsp3) is 0.632. The minimum Gasteiger partial charge on any atom is -0.411 e. The van der Waals surface area contributed by atoms with Crippen LogP contribution in [-0.4, -0.2) is 60.5 Å². The molecule has 0 spiro atoms. The molecule has 0 amide bonds. The van der Waals surface area contributed by atoms with Crippen molar-refractivity contribution >= 4 is 5.71 Å². The summed E-state index contributed by atoms with van der Waals surface area (Å²) >= 11 is 0. The Labute approximate surface area is 139 Å². The first kappa shape index (κ1) is 16.5. The molecule has 1 heterocycles. The summed E-state index contributed by atoms with van der Waals surface area (Å²) in [6.07, 6.45) is 6.75. The molecule has 1 saturated carbocycles. The third-order valence-corrected chi connectivity index (χ3v) is 5.41. The third-order valence-electron chi connectivity index (χ3n) is 5.41. The number of benzene rings is 1. The molecule has 0 radical (unpaired) electrons. The van der Waals surface area contributed by atoms with Gasteiger partial charge in [-0.2, -0.15) is 0 Å². The predicted octanol–water partition coefficient (Wildman–Crippen LogP) is 3.16. The second-order valence-electron chi connectivity index (χ2n) is 7.08. The highest BCUT2D eigenvalue weighted by Crippen LogP contribution is 2.32. The molecule has 0 atom stereocenters. The quantitative estimate of drug-likeness (QED) is 0.527. The van der Waals surface area contributed by atoms with Crippen molar-refractivity contribution in [3.05, 3.63) is 35.4 Å². The lowest BCUT2D eigenvalue weighted by Crippen LogP contribution is -2.46. The zero-order valence-electron chi connectivity index (χ0n) is 14.2. The molecule has 0 aromatic heterocycles. The molecule has 126 valence electrons. The SMILES string of the molecule is CN1CCN(CC(=NO)c2ccc(C3CCCCC3)cc2)CC1. The van der Waals surface area contributed by atoms with Gasteiger partial charge in [-0.05, 0) is 31.4 Å². The summed E-state index contributed by atoms with van der Waals surface area (Å²) in [5.74, 6) is 0.727. The van der Waals surface area contributed by atoms with E-state index in [0.717, 1.165) is 49.9 Å². The normalized spacial score (nSPS) is 22.4. The van der Waals surface area contributed by atoms with Crippen LogP contribution in [0.1, 0.15) is 49.1 Å². The number of oxime groups is 1. The Kier molecular flexibility index (Phi) is 5.68. The third kappa shape index (κ3) is 4.33. The highest BCUT2D eigenvalue weighted by atomic mass is 16.4. The first-order chi connectivity index (χ1) is 11.3. The topological polar surface area (TPSA) is 39.1 Å². The Bertz CT molecular complexity index is 512. The van der Waals surface area contributed by atoms with Crippen LogP contribution in [0.3, 0.4) is 0 Å². The lowest BCUT2D eigenvalue weighted by Gasteiger charge is -2.32. The first-order valence-electron chi connectivity index (χ1n) is 8.98. The van der Waals surface area contributed by atoms with Crippen LogP contribution in [-0.2, 0) is 0 Å². The van der Waals surface area contributed by atoms with Gasteiger partial charge in [0, 0.05) is 38.3 Å². The molecule has 4 heteroatoms. The maximum atomic E-state index is 9.43. The van der Waals surface area contributed by atoms with Crippen LogP contribution in [0.25, 0.3) is 0 Å². The van der Waals surface area contributed by atoms with Crippen LogP contribution >= 0.6 is 0 Å². The summed E-state index contributed by atoms with van der Waals surface area (Å²) in [4.78, 5) is 4.70. The zero-order valence-corrected chi connectivity index (χ0v) is 14.2. The molecule has 1 saturated heterocycles. The van der Waals surface area contributed by atoms with Gasteiger partial charge in [0.05, 0.1) is 0 Å². The molecule has 4 nitrogen and oxygen atoms in total. The number of nitrogens with zero attached hydrogens (tertiary/aromatic N) is 3. The Morgan fingerprint density at radius 2 is 1.70 bits per heavy atom. The minimum absolute atomic E-state index is 0.727. The van der Waals surface area contributed by atoms with Crippen LogP contribution in [0.4, 0.5) is 0 Å². The average molecular weight is 315 g/mol. The van der Waals surface area contributed by atoms with Gasteiger partial charge < -0.3 is 10.1 Å². The second kappa shape index (κ2) is 7.93. The highest BCUT2D eigenvalue weighted by Gasteiger charge is 2.18. The van der Waals surface area contributed by atoms with Gasteiger partial charge in [0.25, 0.3) is 0 Å². The average Bonchev–Trinajstić information content (AvgIpc) is 2.62. The van der Waals surface area contributed by atoms with E-state index in [1.54, 1.807) is 0 Å². The summed E-state index contributed by atoms with van der Waals surface area (Å²) < 4.78 is 0. The van der Waals surface area contributed by atoms with Gasteiger partial charge in [-0.1, -0.05) is 48.7 Å². The van der Waals surface area contributed by atoms with E-state index < -0.39 is 0 Å². The Morgan fingerprint density at radius 1 is 1.04 bits per heavy atom. The molecule has 3 rings (SSSR count). The van der Waals surface area contributed by atoms with Gasteiger partial charge >= 0.3 is 0 Å². The van der Waals surface area contributed by atoms with Crippen LogP contribution in [0.2, 0.25) is 0 Å². The lowest BCUT2D eigenvalue weighted by atomic mass is 9.84. The molecule has 2 fully saturated rings. The molecular formula is C19H29N3O. The van der Waals surface area contributed by atoms with E-state index in [0.29, 0.717) is 0 Å². The van der Waals surface area contributed by atoms with Crippen molar-refractivity contribution in [1.29, 1.82) is 0 Å². The standard InChI is InChI=1S/C19H29N3O/c1-21-11-13-22(14-12-21)15-19(20-23)18-9-7-17(8-10-18)16-5-3-2-4-6-16/h7-10,16,23H,2-6,11-15H2,1H3. The van der Waals surface area contributed by atoms with Gasteiger partial charge in [-0.25, -0.2) is 0 Å². The molecule has 0 unspecified atom stereocenters. The number of piperazine rings is 1. The number of likely N-dealkylation sites (N-methyl/N-ethyl adjacent to an activating group) is 1. The fourth-order valence-electron chi connectivity index (χ4n) is 3.78. The van der Waals surface area contributed by atoms with Crippen molar-refractivity contribution in [3.8, 4) is 0 Å². The molecule has 0 bridgehead atoms. The maximum absolute atomic E-state index is 9.43. The van der Waals surface area contributed by atoms with E-state index in [2.05, 4.69) is 46.3 Å². The van der Waals surface area contributed by atoms with E-state index in [1.165, 1.54) is 37.7 Å². The molecule has 1 aliphatic carbocycles. The summed E-state index contributed by atoms with van der Waals surface area (Å²) in [7, 11) is 2.16. The Morgan fingerprint density at radius 3 is 2.30 bits per heavy atom. The van der Waals surface area contributed by atoms with E-state index in [-0.39, 0.29) is 0 Å². The molecular weight excluding hydrogens is 286 g/mol. The second-order valence-corrected chi connectivity index (χ2v) is 7.08. The van der Waals surface area contributed by atoms with Crippen LogP contribution in [0.15, 0.2) is 29.4 Å². The summed E-state index contributed by atoms with van der Waals surface area (Å²) in [6.45, 7) is 4.97. The Balaban J connectivity index is 1.62. The zero-order chi connectivity index (χ0) is 16.1. The number of rotatable bonds is 4. The Hall–Kier alpha value is -1.39. The first-order valence-corrected chi connectivity index (χ1v) is 8.98. The number of hydrogen-bond acceptors (Lipinski definition) is 4. The molecule has 2 aliphatic rings. The van der Waals surface area contributed by atoms with Gasteiger partial charge in [-0.3, -0.25) is 4.90 Å².